The molecule has 6 heteroatoms. The van der Waals surface area contributed by atoms with Crippen LogP contribution in [-0.2, 0) is 28.6 Å². The molecule has 0 amide bonds. The van der Waals surface area contributed by atoms with Gasteiger partial charge < -0.3 is 14.2 Å². The molecule has 0 aromatic carbocycles. The molecule has 0 radical (unpaired) electrons. The van der Waals surface area contributed by atoms with Crippen molar-refractivity contribution < 1.29 is 28.6 Å². The van der Waals surface area contributed by atoms with Gasteiger partial charge in [-0.3, -0.25) is 14.4 Å². The van der Waals surface area contributed by atoms with Crippen molar-refractivity contribution in [2.75, 3.05) is 13.2 Å². The molecule has 6 nitrogen and oxygen atoms in total. The third-order valence-corrected chi connectivity index (χ3v) is 16.4. The fourth-order valence-corrected chi connectivity index (χ4v) is 11.0. The molecule has 1 atom stereocenters. The summed E-state index contributed by atoms with van der Waals surface area (Å²) in [7, 11) is 0. The zero-order valence-electron chi connectivity index (χ0n) is 53.7. The zero-order valence-corrected chi connectivity index (χ0v) is 53.7. The van der Waals surface area contributed by atoms with E-state index in [1.807, 2.05) is 0 Å². The number of hydrogen-bond acceptors (Lipinski definition) is 6. The van der Waals surface area contributed by atoms with Crippen molar-refractivity contribution in [1.29, 1.82) is 0 Å². The van der Waals surface area contributed by atoms with E-state index >= 15 is 0 Å². The number of esters is 3. The van der Waals surface area contributed by atoms with Gasteiger partial charge in [-0.1, -0.05) is 340 Å². The van der Waals surface area contributed by atoms with Crippen LogP contribution in [0.15, 0.2) is 24.3 Å². The van der Waals surface area contributed by atoms with Crippen molar-refractivity contribution >= 4 is 17.9 Å². The maximum absolute atomic E-state index is 12.9. The molecule has 0 aromatic rings. The number of carbonyl (C=O) groups excluding carboxylic acids is 3. The molecule has 0 aliphatic rings. The van der Waals surface area contributed by atoms with Gasteiger partial charge in [0.1, 0.15) is 13.2 Å². The van der Waals surface area contributed by atoms with Gasteiger partial charge >= 0.3 is 17.9 Å². The van der Waals surface area contributed by atoms with Gasteiger partial charge in [-0.2, -0.15) is 0 Å². The smallest absolute Gasteiger partial charge is 0.306 e. The van der Waals surface area contributed by atoms with Gasteiger partial charge in [0, 0.05) is 19.3 Å². The summed E-state index contributed by atoms with van der Waals surface area (Å²) in [5.74, 6) is -0.848. The number of allylic oxidation sites excluding steroid dienone is 4. The lowest BCUT2D eigenvalue weighted by Gasteiger charge is -2.18. The molecule has 0 bridgehead atoms. The lowest BCUT2D eigenvalue weighted by atomic mass is 10.0. The van der Waals surface area contributed by atoms with Gasteiger partial charge in [0.25, 0.3) is 0 Å². The first-order valence-corrected chi connectivity index (χ1v) is 35.8. The fraction of sp³-hybridized carbons (Fsp3) is 0.904. The second kappa shape index (κ2) is 68.4. The largest absolute Gasteiger partial charge is 0.462 e. The first-order valence-electron chi connectivity index (χ1n) is 35.8. The Morgan fingerprint density at radius 3 is 0.633 bits per heavy atom. The van der Waals surface area contributed by atoms with Crippen LogP contribution in [-0.4, -0.2) is 37.2 Å². The summed E-state index contributed by atoms with van der Waals surface area (Å²) in [5, 5.41) is 0. The van der Waals surface area contributed by atoms with Gasteiger partial charge in [-0.15, -0.1) is 0 Å². The molecule has 0 aliphatic heterocycles. The summed E-state index contributed by atoms with van der Waals surface area (Å²) in [6.07, 6.45) is 83.5. The maximum atomic E-state index is 12.9. The predicted octanol–water partition coefficient (Wildman–Crippen LogP) is 24.6. The Balaban J connectivity index is 4.25. The first-order chi connectivity index (χ1) is 39.0. The topological polar surface area (TPSA) is 78.9 Å². The normalized spacial score (nSPS) is 12.1. The minimum atomic E-state index is -0.774. The van der Waals surface area contributed by atoms with E-state index in [9.17, 15) is 14.4 Å². The van der Waals surface area contributed by atoms with Gasteiger partial charge in [-0.05, 0) is 70.6 Å². The van der Waals surface area contributed by atoms with Gasteiger partial charge in [0.05, 0.1) is 0 Å². The van der Waals surface area contributed by atoms with Crippen LogP contribution >= 0.6 is 0 Å². The number of carbonyl (C=O) groups is 3. The zero-order chi connectivity index (χ0) is 57.1. The van der Waals surface area contributed by atoms with Crippen molar-refractivity contribution in [3.63, 3.8) is 0 Å². The Kier molecular flexibility index (Phi) is 66.6. The molecule has 0 rings (SSSR count). The maximum Gasteiger partial charge on any atom is 0.306 e. The summed E-state index contributed by atoms with van der Waals surface area (Å²) < 4.78 is 17.0. The highest BCUT2D eigenvalue weighted by molar-refractivity contribution is 5.71. The Morgan fingerprint density at radius 2 is 0.418 bits per heavy atom. The lowest BCUT2D eigenvalue weighted by molar-refractivity contribution is -0.167. The minimum Gasteiger partial charge on any atom is -0.462 e. The summed E-state index contributed by atoms with van der Waals surface area (Å²) in [5.41, 5.74) is 0. The summed E-state index contributed by atoms with van der Waals surface area (Å²) in [6.45, 7) is 6.71. The van der Waals surface area contributed by atoms with Crippen molar-refractivity contribution in [3.8, 4) is 0 Å². The van der Waals surface area contributed by atoms with Gasteiger partial charge in [0.2, 0.25) is 0 Å². The highest BCUT2D eigenvalue weighted by Crippen LogP contribution is 2.19. The number of hydrogen-bond donors (Lipinski definition) is 0. The number of ether oxygens (including phenoxy) is 3. The lowest BCUT2D eigenvalue weighted by Crippen LogP contribution is -2.30. The molecule has 0 spiro atoms. The molecule has 79 heavy (non-hydrogen) atoms. The fourth-order valence-electron chi connectivity index (χ4n) is 11.0. The highest BCUT2D eigenvalue weighted by Gasteiger charge is 2.19. The van der Waals surface area contributed by atoms with Gasteiger partial charge in [0.15, 0.2) is 6.10 Å². The first kappa shape index (κ1) is 76.9. The average Bonchev–Trinajstić information content (AvgIpc) is 3.45. The van der Waals surface area contributed by atoms with E-state index in [4.69, 9.17) is 14.2 Å². The van der Waals surface area contributed by atoms with E-state index in [1.165, 1.54) is 302 Å². The van der Waals surface area contributed by atoms with Crippen molar-refractivity contribution in [3.05, 3.63) is 24.3 Å². The molecular formula is C73H138O6. The highest BCUT2D eigenvalue weighted by atomic mass is 16.6. The third-order valence-electron chi connectivity index (χ3n) is 16.4. The summed E-state index contributed by atoms with van der Waals surface area (Å²) >= 11 is 0. The summed E-state index contributed by atoms with van der Waals surface area (Å²) in [6, 6.07) is 0. The van der Waals surface area contributed by atoms with Crippen LogP contribution in [0.1, 0.15) is 406 Å². The summed E-state index contributed by atoms with van der Waals surface area (Å²) in [4.78, 5) is 38.4. The van der Waals surface area contributed by atoms with Crippen LogP contribution in [0.25, 0.3) is 0 Å². The molecule has 0 aromatic heterocycles. The third kappa shape index (κ3) is 66.6. The van der Waals surface area contributed by atoms with Crippen LogP contribution in [0.2, 0.25) is 0 Å². The number of rotatable bonds is 67. The molecular weight excluding hydrogens is 973 g/mol. The minimum absolute atomic E-state index is 0.0691. The predicted molar refractivity (Wildman–Crippen MR) is 344 cm³/mol. The van der Waals surface area contributed by atoms with Crippen molar-refractivity contribution in [2.24, 2.45) is 0 Å². The van der Waals surface area contributed by atoms with E-state index in [0.717, 1.165) is 64.2 Å². The van der Waals surface area contributed by atoms with Crippen LogP contribution in [0.5, 0.6) is 0 Å². The molecule has 0 heterocycles. The van der Waals surface area contributed by atoms with Crippen molar-refractivity contribution in [2.45, 2.75) is 412 Å². The second-order valence-corrected chi connectivity index (χ2v) is 24.5. The van der Waals surface area contributed by atoms with Gasteiger partial charge in [-0.25, -0.2) is 0 Å². The van der Waals surface area contributed by atoms with E-state index in [-0.39, 0.29) is 31.1 Å². The Bertz CT molecular complexity index is 1270. The standard InChI is InChI=1S/C73H138O6/c1-4-7-10-13-16-19-22-25-28-31-33-34-35-36-37-38-39-41-42-45-48-51-54-57-60-63-66-72(75)78-69-70(68-77-71(74)65-62-59-56-53-50-47-44-30-27-24-21-18-15-12-9-6-3)79-73(76)67-64-61-58-55-52-49-46-43-40-32-29-26-23-20-17-14-11-8-5-2/h26,29-30,44,70H,4-25,27-28,31-43,45-69H2,1-3H3/b29-26-,44-30-. The van der Waals surface area contributed by atoms with Crippen LogP contribution in [0.3, 0.4) is 0 Å². The second-order valence-electron chi connectivity index (χ2n) is 24.5. The SMILES string of the molecule is CCCCCCCC/C=C\CCCCCCCCCCCC(=O)OC(COC(=O)CCCCCCC/C=C\CCCCCCCCC)COC(=O)CCCCCCCCCCCCCCCCCCCCCCCCCCCC. The van der Waals surface area contributed by atoms with E-state index in [1.54, 1.807) is 0 Å². The van der Waals surface area contributed by atoms with E-state index < -0.39 is 6.10 Å². The Labute approximate surface area is 493 Å². The molecule has 0 N–H and O–H groups in total. The van der Waals surface area contributed by atoms with Crippen LogP contribution < -0.4 is 0 Å². The monoisotopic (exact) mass is 1110 g/mol. The molecule has 0 fully saturated rings. The Hall–Kier alpha value is -2.11. The average molecular weight is 1110 g/mol. The molecule has 0 saturated carbocycles. The van der Waals surface area contributed by atoms with Crippen LogP contribution in [0, 0.1) is 0 Å². The molecule has 0 aliphatic carbocycles. The molecule has 0 saturated heterocycles. The number of unbranched alkanes of at least 4 members (excludes halogenated alkanes) is 52. The van der Waals surface area contributed by atoms with E-state index in [0.29, 0.717) is 19.3 Å². The molecule has 1 unspecified atom stereocenters. The van der Waals surface area contributed by atoms with E-state index in [2.05, 4.69) is 45.1 Å². The quantitative estimate of drug-likeness (QED) is 0.0261. The van der Waals surface area contributed by atoms with Crippen LogP contribution in [0.4, 0.5) is 0 Å². The Morgan fingerprint density at radius 1 is 0.241 bits per heavy atom. The molecule has 466 valence electrons. The van der Waals surface area contributed by atoms with Crippen molar-refractivity contribution in [1.82, 2.24) is 0 Å².